The summed E-state index contributed by atoms with van der Waals surface area (Å²) in [5.41, 5.74) is 0.232. The molecule has 0 aromatic carbocycles. The molecular formula is C21H36O3Si. The molecule has 2 bridgehead atoms. The summed E-state index contributed by atoms with van der Waals surface area (Å²) >= 11 is 0. The Kier molecular flexibility index (Phi) is 5.87. The summed E-state index contributed by atoms with van der Waals surface area (Å²) in [4.78, 5) is 10.8. The average molecular weight is 365 g/mol. The molecule has 3 nitrogen and oxygen atoms in total. The lowest BCUT2D eigenvalue weighted by Crippen LogP contribution is -2.62. The molecular weight excluding hydrogens is 328 g/mol. The zero-order chi connectivity index (χ0) is 18.9. The largest absolute Gasteiger partial charge is 0.408 e. The van der Waals surface area contributed by atoms with Crippen molar-refractivity contribution in [2.45, 2.75) is 96.7 Å². The summed E-state index contributed by atoms with van der Waals surface area (Å²) in [5.74, 6) is 0. The van der Waals surface area contributed by atoms with Crippen molar-refractivity contribution in [1.82, 2.24) is 0 Å². The summed E-state index contributed by atoms with van der Waals surface area (Å²) in [6.07, 6.45) is 8.96. The van der Waals surface area contributed by atoms with E-state index in [2.05, 4.69) is 47.6 Å². The summed E-state index contributed by atoms with van der Waals surface area (Å²) < 4.78 is 13.7. The summed E-state index contributed by atoms with van der Waals surface area (Å²) in [6, 6.07) is 3.43. The fraction of sp³-hybridized carbons (Fsp3) is 0.762. The highest BCUT2D eigenvalue weighted by Crippen LogP contribution is 2.62. The van der Waals surface area contributed by atoms with Crippen molar-refractivity contribution in [3.63, 3.8) is 0 Å². The SMILES string of the molecule is CC[Si](CC)(CC)O[C@]1(C)C[C@@H]2CC(C)(C)[C@@]1(/C=C/C(C)=C/C=O)O2. The second-order valence-corrected chi connectivity index (χ2v) is 13.4. The zero-order valence-corrected chi connectivity index (χ0v) is 18.1. The third-order valence-electron chi connectivity index (χ3n) is 6.79. The Morgan fingerprint density at radius 2 is 1.76 bits per heavy atom. The van der Waals surface area contributed by atoms with E-state index in [-0.39, 0.29) is 17.1 Å². The Bertz CT molecular complexity index is 553. The Labute approximate surface area is 155 Å². The van der Waals surface area contributed by atoms with Crippen molar-refractivity contribution < 1.29 is 14.0 Å². The molecule has 0 unspecified atom stereocenters. The van der Waals surface area contributed by atoms with Crippen LogP contribution in [-0.4, -0.2) is 31.9 Å². The molecule has 0 saturated carbocycles. The lowest BCUT2D eigenvalue weighted by molar-refractivity contribution is -0.106. The zero-order valence-electron chi connectivity index (χ0n) is 17.1. The Balaban J connectivity index is 2.46. The maximum absolute atomic E-state index is 10.8. The van der Waals surface area contributed by atoms with E-state index < -0.39 is 13.9 Å². The first-order valence-corrected chi connectivity index (χ1v) is 12.4. The number of ether oxygens (including phenoxy) is 1. The monoisotopic (exact) mass is 364 g/mol. The van der Waals surface area contributed by atoms with Gasteiger partial charge < -0.3 is 9.16 Å². The number of hydrogen-bond donors (Lipinski definition) is 0. The van der Waals surface area contributed by atoms with Crippen LogP contribution in [0.5, 0.6) is 0 Å². The highest BCUT2D eigenvalue weighted by atomic mass is 28.4. The molecule has 0 spiro atoms. The van der Waals surface area contributed by atoms with Crippen LogP contribution in [0.1, 0.15) is 61.3 Å². The van der Waals surface area contributed by atoms with Crippen molar-refractivity contribution >= 4 is 14.6 Å². The summed E-state index contributed by atoms with van der Waals surface area (Å²) in [5, 5.41) is 0. The number of carbonyl (C=O) groups excluding carboxylic acids is 1. The molecule has 3 atom stereocenters. The van der Waals surface area contributed by atoms with Gasteiger partial charge >= 0.3 is 0 Å². The number of allylic oxidation sites excluding steroid dienone is 3. The maximum atomic E-state index is 10.8. The van der Waals surface area contributed by atoms with Gasteiger partial charge in [0.05, 0.1) is 11.7 Å². The minimum absolute atomic E-state index is 0.0119. The second-order valence-electron chi connectivity index (χ2n) is 8.72. The van der Waals surface area contributed by atoms with Crippen molar-refractivity contribution in [1.29, 1.82) is 0 Å². The quantitative estimate of drug-likeness (QED) is 0.249. The first-order valence-electron chi connectivity index (χ1n) is 9.82. The van der Waals surface area contributed by atoms with Gasteiger partial charge in [0, 0.05) is 11.8 Å². The molecule has 0 N–H and O–H groups in total. The van der Waals surface area contributed by atoms with Gasteiger partial charge in [-0.15, -0.1) is 0 Å². The van der Waals surface area contributed by atoms with Crippen molar-refractivity contribution in [3.8, 4) is 0 Å². The van der Waals surface area contributed by atoms with E-state index in [1.165, 1.54) is 0 Å². The van der Waals surface area contributed by atoms with Crippen LogP contribution in [-0.2, 0) is 14.0 Å². The molecule has 0 amide bonds. The number of hydrogen-bond acceptors (Lipinski definition) is 3. The summed E-state index contributed by atoms with van der Waals surface area (Å²) in [6.45, 7) is 15.6. The van der Waals surface area contributed by atoms with Crippen LogP contribution in [0.15, 0.2) is 23.8 Å². The van der Waals surface area contributed by atoms with Gasteiger partial charge in [-0.05, 0) is 56.1 Å². The van der Waals surface area contributed by atoms with Crippen LogP contribution >= 0.6 is 0 Å². The smallest absolute Gasteiger partial charge is 0.192 e. The van der Waals surface area contributed by atoms with Crippen LogP contribution < -0.4 is 0 Å². The highest BCUT2D eigenvalue weighted by Gasteiger charge is 2.69. The van der Waals surface area contributed by atoms with Gasteiger partial charge in [0.15, 0.2) is 8.32 Å². The van der Waals surface area contributed by atoms with Gasteiger partial charge in [-0.25, -0.2) is 0 Å². The number of rotatable bonds is 8. The molecule has 0 aliphatic carbocycles. The minimum atomic E-state index is -1.76. The van der Waals surface area contributed by atoms with E-state index in [1.807, 2.05) is 13.0 Å². The van der Waals surface area contributed by atoms with Crippen molar-refractivity contribution in [2.24, 2.45) is 5.41 Å². The van der Waals surface area contributed by atoms with Crippen molar-refractivity contribution in [2.75, 3.05) is 0 Å². The van der Waals surface area contributed by atoms with Crippen molar-refractivity contribution in [3.05, 3.63) is 23.8 Å². The van der Waals surface area contributed by atoms with E-state index in [0.29, 0.717) is 0 Å². The molecule has 2 heterocycles. The molecule has 2 rings (SSSR count). The van der Waals surface area contributed by atoms with Crippen LogP contribution in [0.2, 0.25) is 18.1 Å². The van der Waals surface area contributed by atoms with Crippen LogP contribution in [0.3, 0.4) is 0 Å². The highest BCUT2D eigenvalue weighted by molar-refractivity contribution is 6.73. The van der Waals surface area contributed by atoms with Gasteiger partial charge in [0.1, 0.15) is 11.9 Å². The lowest BCUT2D eigenvalue weighted by Gasteiger charge is -2.52. The van der Waals surface area contributed by atoms with E-state index in [9.17, 15) is 4.79 Å². The number of aldehydes is 1. The maximum Gasteiger partial charge on any atom is 0.192 e. The molecule has 2 aliphatic rings. The van der Waals surface area contributed by atoms with Crippen LogP contribution in [0.4, 0.5) is 0 Å². The fourth-order valence-corrected chi connectivity index (χ4v) is 8.26. The van der Waals surface area contributed by atoms with E-state index in [1.54, 1.807) is 6.08 Å². The number of fused-ring (bicyclic) bond motifs is 2. The van der Waals surface area contributed by atoms with Gasteiger partial charge in [0.2, 0.25) is 0 Å². The summed E-state index contributed by atoms with van der Waals surface area (Å²) in [7, 11) is -1.76. The predicted molar refractivity (Wildman–Crippen MR) is 106 cm³/mol. The normalized spacial score (nSPS) is 34.8. The second kappa shape index (κ2) is 7.13. The van der Waals surface area contributed by atoms with Gasteiger partial charge in [-0.3, -0.25) is 4.79 Å². The van der Waals surface area contributed by atoms with Gasteiger partial charge in [-0.2, -0.15) is 0 Å². The standard InChI is InChI=1S/C21H36O3Si/c1-8-25(9-2,10-3)24-20(7)16-18-15-19(5,6)21(20,23-18)13-11-17(4)12-14-22/h11-14,18H,8-10,15-16H2,1-7H3/b13-11+,17-12+/t18-,20+,21+/m0/s1. The lowest BCUT2D eigenvalue weighted by atomic mass is 9.61. The molecule has 0 radical (unpaired) electrons. The first kappa shape index (κ1) is 20.6. The molecule has 2 aliphatic heterocycles. The fourth-order valence-electron chi connectivity index (χ4n) is 5.14. The van der Waals surface area contributed by atoms with E-state index in [4.69, 9.17) is 9.16 Å². The third-order valence-corrected chi connectivity index (χ3v) is 11.5. The first-order chi connectivity index (χ1) is 11.6. The van der Waals surface area contributed by atoms with E-state index in [0.717, 1.165) is 42.8 Å². The third kappa shape index (κ3) is 3.33. The predicted octanol–water partition coefficient (Wildman–Crippen LogP) is 5.43. The average Bonchev–Trinajstić information content (AvgIpc) is 2.97. The molecule has 2 fully saturated rings. The van der Waals surface area contributed by atoms with Gasteiger partial charge in [-0.1, -0.05) is 40.7 Å². The Morgan fingerprint density at radius 3 is 2.24 bits per heavy atom. The molecule has 4 heteroatoms. The number of carbonyl (C=O) groups is 1. The molecule has 142 valence electrons. The molecule has 0 aromatic rings. The van der Waals surface area contributed by atoms with E-state index >= 15 is 0 Å². The molecule has 2 saturated heterocycles. The molecule has 0 aromatic heterocycles. The van der Waals surface area contributed by atoms with Crippen LogP contribution in [0.25, 0.3) is 0 Å². The van der Waals surface area contributed by atoms with Crippen LogP contribution in [0, 0.1) is 5.41 Å². The van der Waals surface area contributed by atoms with Gasteiger partial charge in [0.25, 0.3) is 0 Å². The molecule has 25 heavy (non-hydrogen) atoms. The minimum Gasteiger partial charge on any atom is -0.408 e. The Hall–Kier alpha value is -0.713. The Morgan fingerprint density at radius 1 is 1.16 bits per heavy atom. The topological polar surface area (TPSA) is 35.5 Å².